The van der Waals surface area contributed by atoms with Crippen LogP contribution in [0.2, 0.25) is 0 Å². The summed E-state index contributed by atoms with van der Waals surface area (Å²) in [5.74, 6) is -0.315. The van der Waals surface area contributed by atoms with Gasteiger partial charge in [-0.1, -0.05) is 60.7 Å². The number of pyridine rings is 1. The van der Waals surface area contributed by atoms with Gasteiger partial charge in [0.1, 0.15) is 11.3 Å². The Morgan fingerprint density at radius 1 is 0.867 bits per heavy atom. The summed E-state index contributed by atoms with van der Waals surface area (Å²) in [5, 5.41) is 8.72. The number of halogens is 1. The molecule has 0 amide bonds. The molecule has 1 N–H and O–H groups in total. The Hall–Kier alpha value is -3.99. The van der Waals surface area contributed by atoms with Crippen molar-refractivity contribution in [2.75, 3.05) is 5.32 Å². The van der Waals surface area contributed by atoms with Crippen molar-refractivity contribution < 1.29 is 4.39 Å². The van der Waals surface area contributed by atoms with Crippen molar-refractivity contribution in [3.05, 3.63) is 109 Å². The van der Waals surface area contributed by atoms with E-state index < -0.39 is 0 Å². The molecule has 2 aromatic heterocycles. The molecule has 2 heterocycles. The van der Waals surface area contributed by atoms with E-state index in [9.17, 15) is 4.39 Å². The molecule has 146 valence electrons. The summed E-state index contributed by atoms with van der Waals surface area (Å²) in [5.41, 5.74) is 5.34. The topological polar surface area (TPSA) is 42.7 Å². The van der Waals surface area contributed by atoms with E-state index in [-0.39, 0.29) is 5.82 Å². The third-order valence-corrected chi connectivity index (χ3v) is 5.04. The van der Waals surface area contributed by atoms with Gasteiger partial charge < -0.3 is 5.32 Å². The van der Waals surface area contributed by atoms with Crippen LogP contribution in [0.15, 0.2) is 97.3 Å². The van der Waals surface area contributed by atoms with Crippen LogP contribution in [0, 0.1) is 5.82 Å². The smallest absolute Gasteiger partial charge is 0.149 e. The monoisotopic (exact) mass is 394 g/mol. The fraction of sp³-hybridized carbons (Fsp3) is 0.0400. The Bertz CT molecular complexity index is 1310. The molecule has 5 aromatic rings. The number of benzene rings is 3. The molecule has 0 spiro atoms. The van der Waals surface area contributed by atoms with E-state index in [4.69, 9.17) is 0 Å². The number of anilines is 2. The van der Waals surface area contributed by atoms with E-state index in [1.54, 1.807) is 12.3 Å². The highest BCUT2D eigenvalue weighted by Gasteiger charge is 2.11. The molecule has 3 aromatic carbocycles. The first-order valence-electron chi connectivity index (χ1n) is 9.74. The summed E-state index contributed by atoms with van der Waals surface area (Å²) in [7, 11) is 0. The number of hydrogen-bond donors (Lipinski definition) is 1. The zero-order valence-electron chi connectivity index (χ0n) is 16.2. The number of rotatable bonds is 5. The molecule has 5 rings (SSSR count). The minimum atomic E-state index is -0.315. The summed E-state index contributed by atoms with van der Waals surface area (Å²) in [4.78, 5) is 4.29. The number of hydrogen-bond acceptors (Lipinski definition) is 3. The van der Waals surface area contributed by atoms with Gasteiger partial charge in [-0.3, -0.25) is 9.67 Å². The maximum absolute atomic E-state index is 13.9. The minimum absolute atomic E-state index is 0.315. The summed E-state index contributed by atoms with van der Waals surface area (Å²) in [6.45, 7) is 0.689. The summed E-state index contributed by atoms with van der Waals surface area (Å²) >= 11 is 0. The predicted molar refractivity (Wildman–Crippen MR) is 118 cm³/mol. The second-order valence-corrected chi connectivity index (χ2v) is 7.07. The van der Waals surface area contributed by atoms with Crippen LogP contribution in [0.1, 0.15) is 5.56 Å². The van der Waals surface area contributed by atoms with Crippen LogP contribution >= 0.6 is 0 Å². The van der Waals surface area contributed by atoms with E-state index in [0.29, 0.717) is 12.1 Å². The lowest BCUT2D eigenvalue weighted by Crippen LogP contribution is -2.04. The minimum Gasteiger partial charge on any atom is -0.354 e. The van der Waals surface area contributed by atoms with Crippen LogP contribution in [-0.4, -0.2) is 14.8 Å². The van der Waals surface area contributed by atoms with Crippen LogP contribution in [0.3, 0.4) is 0 Å². The largest absolute Gasteiger partial charge is 0.354 e. The van der Waals surface area contributed by atoms with Gasteiger partial charge in [0, 0.05) is 22.8 Å². The molecule has 0 saturated carbocycles. The van der Waals surface area contributed by atoms with Gasteiger partial charge in [-0.2, -0.15) is 5.10 Å². The Labute approximate surface area is 173 Å². The van der Waals surface area contributed by atoms with Crippen LogP contribution < -0.4 is 5.32 Å². The number of fused-ring (bicyclic) bond motifs is 1. The molecule has 0 fully saturated rings. The molecule has 0 aliphatic carbocycles. The van der Waals surface area contributed by atoms with E-state index in [2.05, 4.69) is 33.6 Å². The van der Waals surface area contributed by atoms with Crippen LogP contribution in [0.5, 0.6) is 0 Å². The van der Waals surface area contributed by atoms with Crippen molar-refractivity contribution in [1.82, 2.24) is 14.8 Å². The van der Waals surface area contributed by atoms with Gasteiger partial charge in [0.25, 0.3) is 0 Å². The average molecular weight is 394 g/mol. The first kappa shape index (κ1) is 18.1. The number of nitrogens with one attached hydrogen (secondary N) is 1. The molecule has 0 aliphatic heterocycles. The highest BCUT2D eigenvalue weighted by atomic mass is 19.1. The summed E-state index contributed by atoms with van der Waals surface area (Å²) < 4.78 is 15.9. The molecule has 4 nitrogen and oxygen atoms in total. The average Bonchev–Trinajstić information content (AvgIpc) is 3.23. The lowest BCUT2D eigenvalue weighted by molar-refractivity contribution is 0.637. The highest BCUT2D eigenvalue weighted by Crippen LogP contribution is 2.31. The number of nitrogens with zero attached hydrogens (tertiary/aromatic N) is 3. The van der Waals surface area contributed by atoms with Gasteiger partial charge in [-0.05, 0) is 29.8 Å². The predicted octanol–water partition coefficient (Wildman–Crippen LogP) is 6.03. The van der Waals surface area contributed by atoms with Gasteiger partial charge in [-0.25, -0.2) is 4.39 Å². The van der Waals surface area contributed by atoms with Crippen molar-refractivity contribution in [3.63, 3.8) is 0 Å². The molecule has 0 unspecified atom stereocenters. The summed E-state index contributed by atoms with van der Waals surface area (Å²) in [6, 6.07) is 27.2. The van der Waals surface area contributed by atoms with Gasteiger partial charge >= 0.3 is 0 Å². The van der Waals surface area contributed by atoms with Crippen molar-refractivity contribution in [2.45, 2.75) is 6.54 Å². The fourth-order valence-corrected chi connectivity index (χ4v) is 3.61. The Balaban J connectivity index is 1.49. The van der Waals surface area contributed by atoms with E-state index in [0.717, 1.165) is 28.0 Å². The van der Waals surface area contributed by atoms with Crippen molar-refractivity contribution in [1.29, 1.82) is 0 Å². The highest BCUT2D eigenvalue weighted by molar-refractivity contribution is 5.85. The van der Waals surface area contributed by atoms with Crippen LogP contribution in [0.25, 0.3) is 22.2 Å². The van der Waals surface area contributed by atoms with Crippen molar-refractivity contribution in [3.8, 4) is 11.3 Å². The third kappa shape index (κ3) is 3.53. The van der Waals surface area contributed by atoms with Gasteiger partial charge in [-0.15, -0.1) is 0 Å². The SMILES string of the molecule is Fc1cccc2cc(Nc3ccccc3-c3ccnn3Cc3ccccc3)cnc12. The molecule has 5 heteroatoms. The second-order valence-electron chi connectivity index (χ2n) is 7.07. The zero-order valence-corrected chi connectivity index (χ0v) is 16.2. The maximum Gasteiger partial charge on any atom is 0.149 e. The zero-order chi connectivity index (χ0) is 20.3. The Kier molecular flexibility index (Phi) is 4.69. The van der Waals surface area contributed by atoms with Crippen LogP contribution in [-0.2, 0) is 6.54 Å². The second kappa shape index (κ2) is 7.79. The van der Waals surface area contributed by atoms with Crippen molar-refractivity contribution in [2.24, 2.45) is 0 Å². The molecular formula is C25H19FN4. The fourth-order valence-electron chi connectivity index (χ4n) is 3.61. The molecule has 0 saturated heterocycles. The lowest BCUT2D eigenvalue weighted by atomic mass is 10.1. The molecule has 0 atom stereocenters. The molecular weight excluding hydrogens is 375 g/mol. The quantitative estimate of drug-likeness (QED) is 0.396. The Morgan fingerprint density at radius 2 is 1.70 bits per heavy atom. The third-order valence-electron chi connectivity index (χ3n) is 5.04. The van der Waals surface area contributed by atoms with Gasteiger partial charge in [0.15, 0.2) is 0 Å². The number of para-hydroxylation sites is 2. The van der Waals surface area contributed by atoms with Crippen molar-refractivity contribution >= 4 is 22.3 Å². The number of aromatic nitrogens is 3. The Morgan fingerprint density at radius 3 is 2.60 bits per heavy atom. The first-order valence-corrected chi connectivity index (χ1v) is 9.74. The normalized spacial score (nSPS) is 11.0. The van der Waals surface area contributed by atoms with Crippen LogP contribution in [0.4, 0.5) is 15.8 Å². The summed E-state index contributed by atoms with van der Waals surface area (Å²) in [6.07, 6.45) is 3.47. The molecule has 0 radical (unpaired) electrons. The van der Waals surface area contributed by atoms with E-state index in [1.165, 1.54) is 11.6 Å². The molecule has 0 aliphatic rings. The van der Waals surface area contributed by atoms with E-state index >= 15 is 0 Å². The lowest BCUT2D eigenvalue weighted by Gasteiger charge is -2.14. The van der Waals surface area contributed by atoms with Gasteiger partial charge in [0.2, 0.25) is 0 Å². The molecule has 0 bridgehead atoms. The standard InChI is InChI=1S/C25H19FN4/c26-22-11-6-9-19-15-20(16-27-25(19)22)29-23-12-5-4-10-21(23)24-13-14-28-30(24)17-18-7-2-1-3-8-18/h1-16,29H,17H2. The molecule has 30 heavy (non-hydrogen) atoms. The van der Waals surface area contributed by atoms with Gasteiger partial charge in [0.05, 0.1) is 24.1 Å². The first-order chi connectivity index (χ1) is 14.8. The maximum atomic E-state index is 13.9. The van der Waals surface area contributed by atoms with E-state index in [1.807, 2.05) is 65.5 Å².